The van der Waals surface area contributed by atoms with Crippen molar-refractivity contribution < 1.29 is 19.2 Å². The molecule has 6 heteroatoms. The molecule has 2 amide bonds. The zero-order chi connectivity index (χ0) is 19.9. The number of benzene rings is 2. The van der Waals surface area contributed by atoms with Crippen molar-refractivity contribution in [3.63, 3.8) is 0 Å². The van der Waals surface area contributed by atoms with Gasteiger partial charge in [0.2, 0.25) is 0 Å². The Hall–Kier alpha value is -2.86. The molecule has 0 aliphatic rings. The predicted molar refractivity (Wildman–Crippen MR) is 104 cm³/mol. The van der Waals surface area contributed by atoms with Gasteiger partial charge < -0.3 is 25.0 Å². The van der Waals surface area contributed by atoms with Crippen molar-refractivity contribution >= 4 is 17.7 Å². The fraction of sp³-hybridized carbons (Fsp3) is 0.333. The Labute approximate surface area is 160 Å². The molecule has 0 aromatic heterocycles. The van der Waals surface area contributed by atoms with Crippen LogP contribution in [0.2, 0.25) is 0 Å². The molecule has 0 bridgehead atoms. The second kappa shape index (κ2) is 9.19. The molecule has 2 rings (SSSR count). The van der Waals surface area contributed by atoms with Gasteiger partial charge in [0.1, 0.15) is 0 Å². The van der Waals surface area contributed by atoms with Crippen LogP contribution in [0.4, 0.5) is 10.5 Å². The summed E-state index contributed by atoms with van der Waals surface area (Å²) in [5.41, 5.74) is 2.94. The number of urea groups is 1. The largest absolute Gasteiger partial charge is 0.550 e. The molecule has 0 heterocycles. The average molecular weight is 369 g/mol. The number of aliphatic carboxylic acids is 1. The van der Waals surface area contributed by atoms with Crippen LogP contribution < -0.4 is 15.7 Å². The van der Waals surface area contributed by atoms with Crippen molar-refractivity contribution in [1.82, 2.24) is 5.32 Å². The van der Waals surface area contributed by atoms with E-state index in [1.165, 1.54) is 5.56 Å². The maximum atomic E-state index is 12.3. The van der Waals surface area contributed by atoms with Crippen LogP contribution in [0.25, 0.3) is 0 Å². The van der Waals surface area contributed by atoms with Crippen LogP contribution in [-0.4, -0.2) is 50.2 Å². The van der Waals surface area contributed by atoms with Crippen LogP contribution in [0, 0.1) is 0 Å². The summed E-state index contributed by atoms with van der Waals surface area (Å²) < 4.78 is 0.533. The van der Waals surface area contributed by atoms with Gasteiger partial charge in [0.15, 0.2) is 0 Å². The number of amides is 2. The molecule has 2 aromatic rings. The van der Waals surface area contributed by atoms with Crippen molar-refractivity contribution in [2.45, 2.75) is 18.9 Å². The van der Waals surface area contributed by atoms with Gasteiger partial charge in [-0.2, -0.15) is 0 Å². The lowest BCUT2D eigenvalue weighted by atomic mass is 10.0. The van der Waals surface area contributed by atoms with Crippen LogP contribution >= 0.6 is 0 Å². The third-order valence-corrected chi connectivity index (χ3v) is 3.95. The second-order valence-corrected chi connectivity index (χ2v) is 7.71. The van der Waals surface area contributed by atoms with Gasteiger partial charge in [0, 0.05) is 18.1 Å². The lowest BCUT2D eigenvalue weighted by Crippen LogP contribution is -2.51. The number of carboxylic acids is 1. The second-order valence-electron chi connectivity index (χ2n) is 7.71. The number of anilines is 1. The predicted octanol–water partition coefficient (Wildman–Crippen LogP) is 1.61. The number of hydrogen-bond donors (Lipinski definition) is 2. The quantitative estimate of drug-likeness (QED) is 0.694. The van der Waals surface area contributed by atoms with Crippen LogP contribution in [0.15, 0.2) is 54.6 Å². The highest BCUT2D eigenvalue weighted by Gasteiger charge is 2.20. The zero-order valence-corrected chi connectivity index (χ0v) is 16.1. The molecule has 0 spiro atoms. The van der Waals surface area contributed by atoms with E-state index in [1.807, 2.05) is 63.6 Å². The molecule has 2 N–H and O–H groups in total. The SMILES string of the molecule is C[N+](C)(C)C[C@@H](CC(=O)[O-])NC(=O)Nc1cccc(Cc2ccccc2)c1. The standard InChI is InChI=1S/C21H27N3O3/c1-24(2,3)15-19(14-20(25)26)23-21(27)22-18-11-7-10-17(13-18)12-16-8-5-4-6-9-16/h4-11,13,19H,12,14-15H2,1-3H3,(H2-,22,23,25,26,27)/t19-/m1/s1. The highest BCUT2D eigenvalue weighted by Crippen LogP contribution is 2.15. The van der Waals surface area contributed by atoms with Gasteiger partial charge in [-0.3, -0.25) is 0 Å². The highest BCUT2D eigenvalue weighted by atomic mass is 16.4. The van der Waals surface area contributed by atoms with E-state index >= 15 is 0 Å². The minimum absolute atomic E-state index is 0.225. The Kier molecular flexibility index (Phi) is 6.96. The van der Waals surface area contributed by atoms with Crippen molar-refractivity contribution in [2.75, 3.05) is 33.0 Å². The van der Waals surface area contributed by atoms with Gasteiger partial charge in [-0.25, -0.2) is 4.79 Å². The van der Waals surface area contributed by atoms with E-state index in [4.69, 9.17) is 0 Å². The van der Waals surface area contributed by atoms with E-state index < -0.39 is 18.0 Å². The summed E-state index contributed by atoms with van der Waals surface area (Å²) in [6.45, 7) is 0.482. The molecule has 2 aromatic carbocycles. The van der Waals surface area contributed by atoms with Crippen LogP contribution in [0.3, 0.4) is 0 Å². The smallest absolute Gasteiger partial charge is 0.319 e. The van der Waals surface area contributed by atoms with Gasteiger partial charge in [-0.15, -0.1) is 0 Å². The Balaban J connectivity index is 1.99. The first-order chi connectivity index (χ1) is 12.7. The molecular weight excluding hydrogens is 342 g/mol. The lowest BCUT2D eigenvalue weighted by molar-refractivity contribution is -0.871. The number of likely N-dealkylation sites (N-methyl/N-ethyl adjacent to an activating group) is 1. The normalized spacial score (nSPS) is 12.3. The van der Waals surface area contributed by atoms with Gasteiger partial charge in [0.05, 0.1) is 33.7 Å². The molecule has 0 fully saturated rings. The third kappa shape index (κ3) is 7.92. The molecule has 0 aliphatic heterocycles. The van der Waals surface area contributed by atoms with Gasteiger partial charge in [0.25, 0.3) is 0 Å². The first-order valence-corrected chi connectivity index (χ1v) is 8.92. The molecular formula is C21H27N3O3. The minimum atomic E-state index is -1.18. The summed E-state index contributed by atoms with van der Waals surface area (Å²) in [7, 11) is 5.82. The van der Waals surface area contributed by atoms with E-state index in [0.717, 1.165) is 12.0 Å². The van der Waals surface area contributed by atoms with Crippen molar-refractivity contribution in [2.24, 2.45) is 0 Å². The molecule has 1 atom stereocenters. The summed E-state index contributed by atoms with van der Waals surface area (Å²) in [6.07, 6.45) is 0.545. The van der Waals surface area contributed by atoms with Crippen molar-refractivity contribution in [3.05, 3.63) is 65.7 Å². The fourth-order valence-electron chi connectivity index (χ4n) is 2.97. The van der Waals surface area contributed by atoms with Crippen LogP contribution in [-0.2, 0) is 11.2 Å². The Morgan fingerprint density at radius 2 is 1.67 bits per heavy atom. The molecule has 0 aliphatic carbocycles. The minimum Gasteiger partial charge on any atom is -0.550 e. The first kappa shape index (κ1) is 20.5. The summed E-state index contributed by atoms with van der Waals surface area (Å²) in [4.78, 5) is 23.3. The molecule has 0 unspecified atom stereocenters. The highest BCUT2D eigenvalue weighted by molar-refractivity contribution is 5.89. The van der Waals surface area contributed by atoms with Crippen molar-refractivity contribution in [3.8, 4) is 0 Å². The Morgan fingerprint density at radius 3 is 2.30 bits per heavy atom. The summed E-state index contributed by atoms with van der Waals surface area (Å²) in [6, 6.07) is 16.8. The number of nitrogens with one attached hydrogen (secondary N) is 2. The number of carbonyl (C=O) groups is 2. The summed E-state index contributed by atoms with van der Waals surface area (Å²) in [5.74, 6) is -1.18. The molecule has 27 heavy (non-hydrogen) atoms. The maximum absolute atomic E-state index is 12.3. The first-order valence-electron chi connectivity index (χ1n) is 8.92. The van der Waals surface area contributed by atoms with Gasteiger partial charge in [-0.05, 0) is 29.7 Å². The van der Waals surface area contributed by atoms with E-state index in [2.05, 4.69) is 22.8 Å². The van der Waals surface area contributed by atoms with E-state index in [0.29, 0.717) is 16.7 Å². The number of carbonyl (C=O) groups excluding carboxylic acids is 2. The number of nitrogens with zero attached hydrogens (tertiary/aromatic N) is 1. The topological polar surface area (TPSA) is 81.3 Å². The zero-order valence-electron chi connectivity index (χ0n) is 16.1. The van der Waals surface area contributed by atoms with Crippen LogP contribution in [0.5, 0.6) is 0 Å². The number of hydrogen-bond acceptors (Lipinski definition) is 3. The fourth-order valence-corrected chi connectivity index (χ4v) is 2.97. The third-order valence-electron chi connectivity index (χ3n) is 3.95. The van der Waals surface area contributed by atoms with Crippen LogP contribution in [0.1, 0.15) is 17.5 Å². The monoisotopic (exact) mass is 369 g/mol. The molecule has 0 saturated heterocycles. The van der Waals surface area contributed by atoms with E-state index in [-0.39, 0.29) is 6.42 Å². The average Bonchev–Trinajstić information content (AvgIpc) is 2.53. The molecule has 144 valence electrons. The Morgan fingerprint density at radius 1 is 1.00 bits per heavy atom. The number of rotatable bonds is 8. The summed E-state index contributed by atoms with van der Waals surface area (Å²) in [5, 5.41) is 16.5. The Bertz CT molecular complexity index is 770. The van der Waals surface area contributed by atoms with Gasteiger partial charge >= 0.3 is 6.03 Å². The molecule has 6 nitrogen and oxygen atoms in total. The maximum Gasteiger partial charge on any atom is 0.319 e. The summed E-state index contributed by atoms with van der Waals surface area (Å²) >= 11 is 0. The number of carboxylic acid groups (broad SMARTS) is 1. The van der Waals surface area contributed by atoms with Crippen molar-refractivity contribution in [1.29, 1.82) is 0 Å². The number of quaternary nitrogens is 1. The molecule has 0 saturated carbocycles. The lowest BCUT2D eigenvalue weighted by Gasteiger charge is -2.30. The van der Waals surface area contributed by atoms with Gasteiger partial charge in [-0.1, -0.05) is 42.5 Å². The van der Waals surface area contributed by atoms with E-state index in [9.17, 15) is 14.7 Å². The van der Waals surface area contributed by atoms with E-state index in [1.54, 1.807) is 0 Å². The molecule has 0 radical (unpaired) electrons.